The van der Waals surface area contributed by atoms with E-state index in [4.69, 9.17) is 9.47 Å². The first-order valence-corrected chi connectivity index (χ1v) is 8.09. The van der Waals surface area contributed by atoms with Crippen LogP contribution in [0.4, 0.5) is 0 Å². The summed E-state index contributed by atoms with van der Waals surface area (Å²) in [5.74, 6) is 1.23. The molecule has 2 aliphatic rings. The average molecular weight is 329 g/mol. The summed E-state index contributed by atoms with van der Waals surface area (Å²) in [5, 5.41) is 14.4. The fourth-order valence-corrected chi connectivity index (χ4v) is 3.05. The number of ether oxygens (including phenoxy) is 2. The number of carbonyl (C=O) groups excluding carboxylic acids is 1. The molecule has 1 amide bonds. The zero-order chi connectivity index (χ0) is 16.7. The number of fused-ring (bicyclic) bond motifs is 2. The fraction of sp³-hybridized carbons (Fsp3) is 0.412. The van der Waals surface area contributed by atoms with Crippen LogP contribution in [0.3, 0.4) is 0 Å². The summed E-state index contributed by atoms with van der Waals surface area (Å²) >= 11 is 0. The van der Waals surface area contributed by atoms with Crippen LogP contribution in [0.25, 0.3) is 0 Å². The minimum Gasteiger partial charge on any atom is -0.454 e. The first kappa shape index (κ1) is 15.0. The molecule has 126 valence electrons. The van der Waals surface area contributed by atoms with Crippen molar-refractivity contribution < 1.29 is 19.4 Å². The van der Waals surface area contributed by atoms with Gasteiger partial charge in [0.2, 0.25) is 6.79 Å². The molecule has 1 aromatic heterocycles. The summed E-state index contributed by atoms with van der Waals surface area (Å²) in [6, 6.07) is 7.13. The molecule has 0 radical (unpaired) electrons. The van der Waals surface area contributed by atoms with Gasteiger partial charge >= 0.3 is 0 Å². The van der Waals surface area contributed by atoms with E-state index in [-0.39, 0.29) is 12.7 Å². The second-order valence-corrected chi connectivity index (χ2v) is 6.00. The van der Waals surface area contributed by atoms with Gasteiger partial charge in [-0.3, -0.25) is 9.48 Å². The van der Waals surface area contributed by atoms with Crippen LogP contribution >= 0.6 is 0 Å². The third-order valence-corrected chi connectivity index (χ3v) is 4.45. The van der Waals surface area contributed by atoms with Crippen LogP contribution in [0, 0.1) is 0 Å². The molecule has 1 N–H and O–H groups in total. The topological polar surface area (TPSA) is 76.8 Å². The van der Waals surface area contributed by atoms with E-state index in [1.54, 1.807) is 23.1 Å². The van der Waals surface area contributed by atoms with Crippen molar-refractivity contribution in [1.82, 2.24) is 14.7 Å². The van der Waals surface area contributed by atoms with Crippen LogP contribution in [-0.4, -0.2) is 39.0 Å². The molecule has 4 rings (SSSR count). The Kier molecular flexibility index (Phi) is 3.65. The van der Waals surface area contributed by atoms with Gasteiger partial charge in [-0.25, -0.2) is 0 Å². The second kappa shape index (κ2) is 5.83. The molecular formula is C17H19N3O4. The molecule has 0 bridgehead atoms. The largest absolute Gasteiger partial charge is 0.454 e. The summed E-state index contributed by atoms with van der Waals surface area (Å²) in [5.41, 5.74) is 2.20. The number of rotatable bonds is 3. The van der Waals surface area contributed by atoms with Gasteiger partial charge in [0, 0.05) is 12.1 Å². The van der Waals surface area contributed by atoms with Crippen LogP contribution in [-0.2, 0) is 13.1 Å². The molecule has 0 saturated carbocycles. The molecule has 0 unspecified atom stereocenters. The Bertz CT molecular complexity index is 786. The van der Waals surface area contributed by atoms with Crippen LogP contribution < -0.4 is 9.47 Å². The summed E-state index contributed by atoms with van der Waals surface area (Å²) < 4.78 is 12.5. The van der Waals surface area contributed by atoms with E-state index in [1.165, 1.54) is 0 Å². The van der Waals surface area contributed by atoms with Crippen LogP contribution in [0.15, 0.2) is 24.3 Å². The Morgan fingerprint density at radius 2 is 2.12 bits per heavy atom. The summed E-state index contributed by atoms with van der Waals surface area (Å²) in [7, 11) is 0. The quantitative estimate of drug-likeness (QED) is 0.928. The van der Waals surface area contributed by atoms with E-state index in [0.29, 0.717) is 48.8 Å². The summed E-state index contributed by atoms with van der Waals surface area (Å²) in [4.78, 5) is 14.5. The van der Waals surface area contributed by atoms with E-state index in [2.05, 4.69) is 5.10 Å². The second-order valence-electron chi connectivity index (χ2n) is 6.00. The molecule has 24 heavy (non-hydrogen) atoms. The monoisotopic (exact) mass is 329 g/mol. The number of aromatic nitrogens is 2. The lowest BCUT2D eigenvalue weighted by molar-refractivity contribution is 0.0705. The summed E-state index contributed by atoms with van der Waals surface area (Å²) in [6.45, 7) is 3.80. The minimum atomic E-state index is -0.555. The highest BCUT2D eigenvalue weighted by Crippen LogP contribution is 2.33. The van der Waals surface area contributed by atoms with Crippen molar-refractivity contribution in [2.75, 3.05) is 13.3 Å². The maximum absolute atomic E-state index is 12.8. The Balaban J connectivity index is 1.53. The molecule has 1 aromatic carbocycles. The lowest BCUT2D eigenvalue weighted by atomic mass is 10.1. The number of aliphatic hydroxyl groups excluding tert-OH is 1. The Morgan fingerprint density at radius 3 is 2.96 bits per heavy atom. The third kappa shape index (κ3) is 2.50. The third-order valence-electron chi connectivity index (χ3n) is 4.45. The van der Waals surface area contributed by atoms with Gasteiger partial charge in [0.25, 0.3) is 5.91 Å². The SMILES string of the molecule is CC[C@@H](O)c1cc2n(n1)CCN(C(=O)c1ccc3c(c1)OCO3)C2. The van der Waals surface area contributed by atoms with Crippen LogP contribution in [0.5, 0.6) is 11.5 Å². The van der Waals surface area contributed by atoms with Gasteiger partial charge in [-0.05, 0) is 30.7 Å². The smallest absolute Gasteiger partial charge is 0.254 e. The Morgan fingerprint density at radius 1 is 1.29 bits per heavy atom. The van der Waals surface area contributed by atoms with Crippen LogP contribution in [0.1, 0.15) is 41.2 Å². The predicted molar refractivity (Wildman–Crippen MR) is 84.8 cm³/mol. The lowest BCUT2D eigenvalue weighted by Crippen LogP contribution is -2.38. The number of hydrogen-bond acceptors (Lipinski definition) is 5. The van der Waals surface area contributed by atoms with E-state index >= 15 is 0 Å². The average Bonchev–Trinajstić information content (AvgIpc) is 3.25. The molecule has 0 saturated heterocycles. The molecule has 2 aromatic rings. The highest BCUT2D eigenvalue weighted by atomic mass is 16.7. The maximum Gasteiger partial charge on any atom is 0.254 e. The number of aliphatic hydroxyl groups is 1. The summed E-state index contributed by atoms with van der Waals surface area (Å²) in [6.07, 6.45) is 0.0668. The van der Waals surface area contributed by atoms with E-state index in [0.717, 1.165) is 5.69 Å². The molecule has 1 atom stereocenters. The maximum atomic E-state index is 12.8. The highest BCUT2D eigenvalue weighted by molar-refractivity contribution is 5.95. The van der Waals surface area contributed by atoms with Gasteiger partial charge in [-0.1, -0.05) is 6.92 Å². The first-order valence-electron chi connectivity index (χ1n) is 8.09. The Hall–Kier alpha value is -2.54. The number of hydrogen-bond donors (Lipinski definition) is 1. The molecule has 0 spiro atoms. The molecule has 0 fully saturated rings. The van der Waals surface area contributed by atoms with Crippen molar-refractivity contribution in [2.24, 2.45) is 0 Å². The zero-order valence-electron chi connectivity index (χ0n) is 13.4. The molecule has 0 aliphatic carbocycles. The number of carbonyl (C=O) groups is 1. The van der Waals surface area contributed by atoms with Gasteiger partial charge in [-0.2, -0.15) is 5.10 Å². The zero-order valence-corrected chi connectivity index (χ0v) is 13.4. The van der Waals surface area contributed by atoms with Gasteiger partial charge in [0.15, 0.2) is 11.5 Å². The van der Waals surface area contributed by atoms with Crippen molar-refractivity contribution in [3.05, 3.63) is 41.2 Å². The lowest BCUT2D eigenvalue weighted by Gasteiger charge is -2.27. The standard InChI is InChI=1S/C17H19N3O4/c1-2-14(21)13-8-12-9-19(5-6-20(12)18-13)17(22)11-3-4-15-16(7-11)24-10-23-15/h3-4,7-8,14,21H,2,5-6,9-10H2,1H3/t14-/m1/s1. The number of amides is 1. The number of nitrogens with zero attached hydrogens (tertiary/aromatic N) is 3. The normalized spacial score (nSPS) is 16.8. The number of benzene rings is 1. The minimum absolute atomic E-state index is 0.0432. The fourth-order valence-electron chi connectivity index (χ4n) is 3.05. The van der Waals surface area contributed by atoms with Gasteiger partial charge in [-0.15, -0.1) is 0 Å². The van der Waals surface area contributed by atoms with Crippen molar-refractivity contribution >= 4 is 5.91 Å². The van der Waals surface area contributed by atoms with Gasteiger partial charge in [0.05, 0.1) is 30.6 Å². The molecular weight excluding hydrogens is 310 g/mol. The molecule has 7 nitrogen and oxygen atoms in total. The van der Waals surface area contributed by atoms with E-state index in [9.17, 15) is 9.90 Å². The van der Waals surface area contributed by atoms with E-state index in [1.807, 2.05) is 17.7 Å². The van der Waals surface area contributed by atoms with Gasteiger partial charge < -0.3 is 19.5 Å². The first-order chi connectivity index (χ1) is 11.7. The van der Waals surface area contributed by atoms with Crippen molar-refractivity contribution in [3.8, 4) is 11.5 Å². The van der Waals surface area contributed by atoms with Crippen molar-refractivity contribution in [1.29, 1.82) is 0 Å². The molecule has 3 heterocycles. The highest BCUT2D eigenvalue weighted by Gasteiger charge is 2.25. The molecule has 2 aliphatic heterocycles. The van der Waals surface area contributed by atoms with E-state index < -0.39 is 6.10 Å². The van der Waals surface area contributed by atoms with Crippen molar-refractivity contribution in [3.63, 3.8) is 0 Å². The van der Waals surface area contributed by atoms with Crippen LogP contribution in [0.2, 0.25) is 0 Å². The van der Waals surface area contributed by atoms with Gasteiger partial charge in [0.1, 0.15) is 0 Å². The predicted octanol–water partition coefficient (Wildman–Crippen LogP) is 1.71. The molecule has 7 heteroatoms. The van der Waals surface area contributed by atoms with Crippen molar-refractivity contribution in [2.45, 2.75) is 32.5 Å². The Labute approximate surface area is 139 Å².